The molecule has 1 aromatic carbocycles. The molecule has 1 aromatic rings. The molecule has 1 saturated heterocycles. The quantitative estimate of drug-likeness (QED) is 0.773. The predicted octanol–water partition coefficient (Wildman–Crippen LogP) is 1.62. The summed E-state index contributed by atoms with van der Waals surface area (Å²) < 4.78 is 0. The first kappa shape index (κ1) is 10.4. The zero-order chi connectivity index (χ0) is 12.0. The number of aliphatic carboxylic acids is 1. The molecule has 2 heterocycles. The van der Waals surface area contributed by atoms with Crippen LogP contribution in [0.2, 0.25) is 0 Å². The number of benzene rings is 1. The minimum absolute atomic E-state index is 0.0181. The third-order valence-corrected chi connectivity index (χ3v) is 3.91. The van der Waals surface area contributed by atoms with Gasteiger partial charge in [0.25, 0.3) is 0 Å². The van der Waals surface area contributed by atoms with Crippen LogP contribution < -0.4 is 4.90 Å². The highest BCUT2D eigenvalue weighted by Gasteiger charge is 2.41. The van der Waals surface area contributed by atoms with Gasteiger partial charge >= 0.3 is 5.97 Å². The molecule has 17 heavy (non-hydrogen) atoms. The summed E-state index contributed by atoms with van der Waals surface area (Å²) in [5.41, 5.74) is 1.92. The van der Waals surface area contributed by atoms with Gasteiger partial charge in [0, 0.05) is 12.6 Å². The van der Waals surface area contributed by atoms with Crippen molar-refractivity contribution >= 4 is 11.7 Å². The molecule has 2 unspecified atom stereocenters. The van der Waals surface area contributed by atoms with Crippen LogP contribution in [0.1, 0.15) is 18.4 Å². The van der Waals surface area contributed by atoms with Gasteiger partial charge in [-0.05, 0) is 30.9 Å². The Morgan fingerprint density at radius 1 is 1.41 bits per heavy atom. The molecule has 0 spiro atoms. The minimum Gasteiger partial charge on any atom is -0.506 e. The fourth-order valence-electron chi connectivity index (χ4n) is 3.17. The molecule has 0 amide bonds. The van der Waals surface area contributed by atoms with Crippen LogP contribution in [0.5, 0.6) is 5.75 Å². The van der Waals surface area contributed by atoms with E-state index in [1.165, 1.54) is 0 Å². The van der Waals surface area contributed by atoms with E-state index >= 15 is 0 Å². The monoisotopic (exact) mass is 233 g/mol. The third kappa shape index (κ3) is 1.47. The fourth-order valence-corrected chi connectivity index (χ4v) is 3.17. The first-order chi connectivity index (χ1) is 8.18. The standard InChI is InChI=1S/C13H15NO3/c15-11-5-1-3-8-7-10-9(13(16)17)4-2-6-14(10)12(8)11/h1,3,5,9-10,15H,2,4,6-7H2,(H,16,17). The second kappa shape index (κ2) is 3.65. The molecule has 4 nitrogen and oxygen atoms in total. The zero-order valence-corrected chi connectivity index (χ0v) is 9.47. The van der Waals surface area contributed by atoms with Crippen molar-refractivity contribution in [2.45, 2.75) is 25.3 Å². The lowest BCUT2D eigenvalue weighted by Crippen LogP contribution is -2.46. The van der Waals surface area contributed by atoms with Crippen molar-refractivity contribution in [3.05, 3.63) is 23.8 Å². The number of nitrogens with zero attached hydrogens (tertiary/aromatic N) is 1. The molecule has 3 rings (SSSR count). The lowest BCUT2D eigenvalue weighted by Gasteiger charge is -2.36. The van der Waals surface area contributed by atoms with E-state index < -0.39 is 5.97 Å². The summed E-state index contributed by atoms with van der Waals surface area (Å²) in [5, 5.41) is 19.2. The highest BCUT2D eigenvalue weighted by atomic mass is 16.4. The van der Waals surface area contributed by atoms with Crippen LogP contribution in [-0.2, 0) is 11.2 Å². The van der Waals surface area contributed by atoms with Gasteiger partial charge in [-0.15, -0.1) is 0 Å². The molecule has 1 fully saturated rings. The largest absolute Gasteiger partial charge is 0.506 e. The molecule has 2 N–H and O–H groups in total. The van der Waals surface area contributed by atoms with Crippen molar-refractivity contribution in [2.75, 3.05) is 11.4 Å². The second-order valence-corrected chi connectivity index (χ2v) is 4.84. The lowest BCUT2D eigenvalue weighted by molar-refractivity contribution is -0.143. The van der Waals surface area contributed by atoms with E-state index in [0.29, 0.717) is 0 Å². The first-order valence-corrected chi connectivity index (χ1v) is 5.99. The van der Waals surface area contributed by atoms with Gasteiger partial charge in [-0.1, -0.05) is 12.1 Å². The van der Waals surface area contributed by atoms with Crippen molar-refractivity contribution in [3.8, 4) is 5.75 Å². The van der Waals surface area contributed by atoms with E-state index in [1.54, 1.807) is 6.07 Å². The molecule has 0 bridgehead atoms. The van der Waals surface area contributed by atoms with E-state index in [-0.39, 0.29) is 17.7 Å². The number of phenols is 1. The van der Waals surface area contributed by atoms with Crippen molar-refractivity contribution in [1.29, 1.82) is 0 Å². The molecule has 2 aliphatic rings. The number of carboxylic acid groups (broad SMARTS) is 1. The number of carboxylic acids is 1. The number of fused-ring (bicyclic) bond motifs is 3. The van der Waals surface area contributed by atoms with E-state index in [4.69, 9.17) is 0 Å². The maximum Gasteiger partial charge on any atom is 0.308 e. The van der Waals surface area contributed by atoms with Crippen LogP contribution in [0, 0.1) is 5.92 Å². The Kier molecular flexibility index (Phi) is 2.24. The van der Waals surface area contributed by atoms with E-state index in [2.05, 4.69) is 4.90 Å². The van der Waals surface area contributed by atoms with Crippen LogP contribution in [-0.4, -0.2) is 28.8 Å². The number of hydrogen-bond donors (Lipinski definition) is 2. The van der Waals surface area contributed by atoms with E-state index in [1.807, 2.05) is 12.1 Å². The summed E-state index contributed by atoms with van der Waals surface area (Å²) in [6, 6.07) is 5.49. The smallest absolute Gasteiger partial charge is 0.308 e. The van der Waals surface area contributed by atoms with Crippen LogP contribution in [0.4, 0.5) is 5.69 Å². The number of rotatable bonds is 1. The van der Waals surface area contributed by atoms with Gasteiger partial charge in [-0.3, -0.25) is 4.79 Å². The summed E-state index contributed by atoms with van der Waals surface area (Å²) >= 11 is 0. The normalized spacial score (nSPS) is 26.5. The maximum atomic E-state index is 11.2. The molecule has 2 atom stereocenters. The summed E-state index contributed by atoms with van der Waals surface area (Å²) in [6.07, 6.45) is 2.35. The fraction of sp³-hybridized carbons (Fsp3) is 0.462. The maximum absolute atomic E-state index is 11.2. The number of carbonyl (C=O) groups is 1. The van der Waals surface area contributed by atoms with E-state index in [9.17, 15) is 15.0 Å². The summed E-state index contributed by atoms with van der Waals surface area (Å²) in [5.74, 6) is -0.751. The van der Waals surface area contributed by atoms with Gasteiger partial charge in [0.1, 0.15) is 5.75 Å². The van der Waals surface area contributed by atoms with Gasteiger partial charge in [0.05, 0.1) is 11.6 Å². The van der Waals surface area contributed by atoms with Gasteiger partial charge in [0.2, 0.25) is 0 Å². The van der Waals surface area contributed by atoms with E-state index in [0.717, 1.165) is 37.1 Å². The highest BCUT2D eigenvalue weighted by Crippen LogP contribution is 2.44. The first-order valence-electron chi connectivity index (χ1n) is 5.99. The zero-order valence-electron chi connectivity index (χ0n) is 9.47. The van der Waals surface area contributed by atoms with Gasteiger partial charge in [0.15, 0.2) is 0 Å². The Hall–Kier alpha value is -1.71. The van der Waals surface area contributed by atoms with Crippen molar-refractivity contribution in [3.63, 3.8) is 0 Å². The van der Waals surface area contributed by atoms with Crippen LogP contribution in [0.15, 0.2) is 18.2 Å². The number of aromatic hydroxyl groups is 1. The molecule has 2 aliphatic heterocycles. The van der Waals surface area contributed by atoms with Gasteiger partial charge in [-0.2, -0.15) is 0 Å². The molecule has 0 aliphatic carbocycles. The average Bonchev–Trinajstić information content (AvgIpc) is 2.67. The number of anilines is 1. The Bertz CT molecular complexity index is 472. The Morgan fingerprint density at radius 3 is 3.00 bits per heavy atom. The summed E-state index contributed by atoms with van der Waals surface area (Å²) in [4.78, 5) is 13.3. The Labute approximate surface area is 99.5 Å². The Balaban J connectivity index is 2.01. The van der Waals surface area contributed by atoms with Crippen molar-refractivity contribution in [1.82, 2.24) is 0 Å². The van der Waals surface area contributed by atoms with Gasteiger partial charge < -0.3 is 15.1 Å². The van der Waals surface area contributed by atoms with Crippen molar-refractivity contribution in [2.24, 2.45) is 5.92 Å². The van der Waals surface area contributed by atoms with Crippen LogP contribution >= 0.6 is 0 Å². The highest BCUT2D eigenvalue weighted by molar-refractivity contribution is 5.76. The van der Waals surface area contributed by atoms with Crippen LogP contribution in [0.3, 0.4) is 0 Å². The third-order valence-electron chi connectivity index (χ3n) is 3.91. The van der Waals surface area contributed by atoms with Gasteiger partial charge in [-0.25, -0.2) is 0 Å². The summed E-state index contributed by atoms with van der Waals surface area (Å²) in [6.45, 7) is 0.846. The molecular formula is C13H15NO3. The molecule has 0 aromatic heterocycles. The number of piperidine rings is 1. The predicted molar refractivity (Wildman–Crippen MR) is 63.3 cm³/mol. The number of para-hydroxylation sites is 1. The lowest BCUT2D eigenvalue weighted by atomic mass is 9.88. The minimum atomic E-state index is -0.716. The molecular weight excluding hydrogens is 218 g/mol. The summed E-state index contributed by atoms with van der Waals surface area (Å²) in [7, 11) is 0. The second-order valence-electron chi connectivity index (χ2n) is 4.84. The van der Waals surface area contributed by atoms with Crippen LogP contribution in [0.25, 0.3) is 0 Å². The number of hydrogen-bond acceptors (Lipinski definition) is 3. The Morgan fingerprint density at radius 2 is 2.24 bits per heavy atom. The topological polar surface area (TPSA) is 60.8 Å². The molecule has 90 valence electrons. The number of phenolic OH excluding ortho intramolecular Hbond substituents is 1. The van der Waals surface area contributed by atoms with Crippen molar-refractivity contribution < 1.29 is 15.0 Å². The molecule has 0 radical (unpaired) electrons. The molecule has 0 saturated carbocycles. The SMILES string of the molecule is O=C(O)C1CCCN2c3c(O)cccc3CC12. The average molecular weight is 233 g/mol. The molecule has 4 heteroatoms.